The molecule has 6 heteroatoms. The molecule has 6 nitrogen and oxygen atoms in total. The third kappa shape index (κ3) is 4.52. The van der Waals surface area contributed by atoms with Crippen molar-refractivity contribution in [3.8, 4) is 5.75 Å². The summed E-state index contributed by atoms with van der Waals surface area (Å²) in [5.41, 5.74) is 3.42. The molecule has 1 spiro atoms. The molecule has 0 aliphatic carbocycles. The number of aryl methyl sites for hydroxylation is 1. The number of rotatable bonds is 6. The van der Waals surface area contributed by atoms with E-state index in [4.69, 9.17) is 9.47 Å². The standard InChI is InChI=1S/C26H33N3O3/c1-28-11-9-21(16-31-17-23-6-2-3-10-27-23)15-26(28)18-29(19-26)25(30)14-20-7-8-24-22(13-20)5-4-12-32-24/h2-3,6-8,10,13,21H,4-5,9,11-12,14-19H2,1H3. The van der Waals surface area contributed by atoms with Gasteiger partial charge in [0.2, 0.25) is 5.91 Å². The van der Waals surface area contributed by atoms with E-state index in [-0.39, 0.29) is 11.4 Å². The van der Waals surface area contributed by atoms with E-state index in [1.54, 1.807) is 6.20 Å². The average Bonchev–Trinajstić information content (AvgIpc) is 2.79. The van der Waals surface area contributed by atoms with Crippen LogP contribution < -0.4 is 4.74 Å². The van der Waals surface area contributed by atoms with Gasteiger partial charge in [-0.25, -0.2) is 0 Å². The number of nitrogens with zero attached hydrogens (tertiary/aromatic N) is 3. The Kier molecular flexibility index (Phi) is 6.15. The molecule has 2 fully saturated rings. The summed E-state index contributed by atoms with van der Waals surface area (Å²) in [7, 11) is 2.20. The molecule has 1 amide bonds. The lowest BCUT2D eigenvalue weighted by Gasteiger charge is -2.58. The third-order valence-corrected chi connectivity index (χ3v) is 7.33. The van der Waals surface area contributed by atoms with Crippen molar-refractivity contribution < 1.29 is 14.3 Å². The van der Waals surface area contributed by atoms with Crippen molar-refractivity contribution in [2.24, 2.45) is 5.92 Å². The summed E-state index contributed by atoms with van der Waals surface area (Å²) in [6, 6.07) is 12.1. The Bertz CT molecular complexity index is 943. The van der Waals surface area contributed by atoms with Gasteiger partial charge in [-0.2, -0.15) is 0 Å². The highest BCUT2D eigenvalue weighted by Gasteiger charge is 2.50. The highest BCUT2D eigenvalue weighted by molar-refractivity contribution is 5.80. The summed E-state index contributed by atoms with van der Waals surface area (Å²) in [4.78, 5) is 21.8. The molecule has 1 aromatic heterocycles. The zero-order chi connectivity index (χ0) is 22.0. The van der Waals surface area contributed by atoms with E-state index in [0.717, 1.165) is 75.5 Å². The number of likely N-dealkylation sites (tertiary alicyclic amines) is 2. The lowest BCUT2D eigenvalue weighted by atomic mass is 9.75. The van der Waals surface area contributed by atoms with E-state index in [0.29, 0.717) is 18.9 Å². The fraction of sp³-hybridized carbons (Fsp3) is 0.538. The topological polar surface area (TPSA) is 54.9 Å². The van der Waals surface area contributed by atoms with Crippen LogP contribution in [0, 0.1) is 5.92 Å². The van der Waals surface area contributed by atoms with E-state index >= 15 is 0 Å². The van der Waals surface area contributed by atoms with Gasteiger partial charge in [-0.1, -0.05) is 18.2 Å². The Labute approximate surface area is 190 Å². The maximum absolute atomic E-state index is 13.0. The molecule has 1 atom stereocenters. The first-order chi connectivity index (χ1) is 15.6. The van der Waals surface area contributed by atoms with Crippen molar-refractivity contribution in [2.45, 2.75) is 44.2 Å². The molecule has 4 heterocycles. The minimum absolute atomic E-state index is 0.108. The lowest BCUT2D eigenvalue weighted by Crippen LogP contribution is -2.72. The molecule has 0 bridgehead atoms. The fourth-order valence-corrected chi connectivity index (χ4v) is 5.39. The van der Waals surface area contributed by atoms with Gasteiger partial charge in [-0.15, -0.1) is 0 Å². The minimum Gasteiger partial charge on any atom is -0.493 e. The Morgan fingerprint density at radius 1 is 1.28 bits per heavy atom. The number of likely N-dealkylation sites (N-methyl/N-ethyl adjacent to an activating group) is 1. The lowest BCUT2D eigenvalue weighted by molar-refractivity contribution is -0.150. The zero-order valence-corrected chi connectivity index (χ0v) is 19.0. The van der Waals surface area contributed by atoms with Gasteiger partial charge in [0.25, 0.3) is 0 Å². The smallest absolute Gasteiger partial charge is 0.227 e. The predicted octanol–water partition coefficient (Wildman–Crippen LogP) is 3.09. The van der Waals surface area contributed by atoms with E-state index in [1.807, 2.05) is 35.2 Å². The Morgan fingerprint density at radius 2 is 2.19 bits per heavy atom. The van der Waals surface area contributed by atoms with Crippen LogP contribution in [0.2, 0.25) is 0 Å². The van der Waals surface area contributed by atoms with Crippen LogP contribution in [0.5, 0.6) is 5.75 Å². The summed E-state index contributed by atoms with van der Waals surface area (Å²) in [6.45, 7) is 4.84. The number of carbonyl (C=O) groups is 1. The molecule has 5 rings (SSSR count). The second-order valence-electron chi connectivity index (χ2n) is 9.66. The van der Waals surface area contributed by atoms with Crippen molar-refractivity contribution in [1.82, 2.24) is 14.8 Å². The van der Waals surface area contributed by atoms with Crippen LogP contribution in [-0.2, 0) is 29.0 Å². The van der Waals surface area contributed by atoms with Crippen molar-refractivity contribution in [1.29, 1.82) is 0 Å². The zero-order valence-electron chi connectivity index (χ0n) is 19.0. The van der Waals surface area contributed by atoms with E-state index in [2.05, 4.69) is 23.0 Å². The summed E-state index contributed by atoms with van der Waals surface area (Å²) in [5, 5.41) is 0. The maximum Gasteiger partial charge on any atom is 0.227 e. The van der Waals surface area contributed by atoms with Gasteiger partial charge >= 0.3 is 0 Å². The van der Waals surface area contributed by atoms with Gasteiger partial charge in [0, 0.05) is 19.3 Å². The first-order valence-electron chi connectivity index (χ1n) is 11.8. The fourth-order valence-electron chi connectivity index (χ4n) is 5.39. The molecular formula is C26H33N3O3. The molecule has 0 radical (unpaired) electrons. The van der Waals surface area contributed by atoms with Crippen LogP contribution in [-0.4, -0.2) is 66.1 Å². The number of piperidine rings is 1. The molecule has 2 saturated heterocycles. The average molecular weight is 436 g/mol. The Hall–Kier alpha value is -2.44. The van der Waals surface area contributed by atoms with Crippen molar-refractivity contribution in [2.75, 3.05) is 39.9 Å². The molecular weight excluding hydrogens is 402 g/mol. The third-order valence-electron chi connectivity index (χ3n) is 7.33. The van der Waals surface area contributed by atoms with Crippen LogP contribution in [0.15, 0.2) is 42.6 Å². The normalized spacial score (nSPS) is 22.2. The van der Waals surface area contributed by atoms with Crippen molar-refractivity contribution in [3.05, 3.63) is 59.4 Å². The summed E-state index contributed by atoms with van der Waals surface area (Å²) in [5.74, 6) is 1.75. The van der Waals surface area contributed by atoms with Crippen molar-refractivity contribution >= 4 is 5.91 Å². The number of aromatic nitrogens is 1. The van der Waals surface area contributed by atoms with Crippen molar-refractivity contribution in [3.63, 3.8) is 0 Å². The largest absolute Gasteiger partial charge is 0.493 e. The monoisotopic (exact) mass is 435 g/mol. The number of hydrogen-bond donors (Lipinski definition) is 0. The minimum atomic E-state index is 0.108. The van der Waals surface area contributed by atoms with Gasteiger partial charge in [-0.05, 0) is 74.5 Å². The number of amides is 1. The van der Waals surface area contributed by atoms with Gasteiger partial charge in [-0.3, -0.25) is 14.7 Å². The molecule has 1 unspecified atom stereocenters. The molecule has 2 aromatic rings. The molecule has 32 heavy (non-hydrogen) atoms. The number of ether oxygens (including phenoxy) is 2. The summed E-state index contributed by atoms with van der Waals surface area (Å²) in [6.07, 6.45) is 6.61. The van der Waals surface area contributed by atoms with E-state index < -0.39 is 0 Å². The maximum atomic E-state index is 13.0. The number of carbonyl (C=O) groups excluding carboxylic acids is 1. The molecule has 1 aromatic carbocycles. The second-order valence-corrected chi connectivity index (χ2v) is 9.66. The molecule has 0 saturated carbocycles. The Balaban J connectivity index is 1.12. The highest BCUT2D eigenvalue weighted by Crippen LogP contribution is 2.38. The van der Waals surface area contributed by atoms with Crippen LogP contribution in [0.3, 0.4) is 0 Å². The van der Waals surface area contributed by atoms with Gasteiger partial charge in [0.1, 0.15) is 5.75 Å². The van der Waals surface area contributed by atoms with Gasteiger partial charge in [0.05, 0.1) is 37.5 Å². The molecule has 3 aliphatic rings. The molecule has 170 valence electrons. The van der Waals surface area contributed by atoms with Crippen LogP contribution >= 0.6 is 0 Å². The van der Waals surface area contributed by atoms with E-state index in [1.165, 1.54) is 5.56 Å². The second kappa shape index (κ2) is 9.20. The predicted molar refractivity (Wildman–Crippen MR) is 123 cm³/mol. The first-order valence-corrected chi connectivity index (χ1v) is 11.8. The summed E-state index contributed by atoms with van der Waals surface area (Å²) >= 11 is 0. The Morgan fingerprint density at radius 3 is 3.03 bits per heavy atom. The van der Waals surface area contributed by atoms with E-state index in [9.17, 15) is 4.79 Å². The van der Waals surface area contributed by atoms with Crippen LogP contribution in [0.25, 0.3) is 0 Å². The van der Waals surface area contributed by atoms with Crippen LogP contribution in [0.1, 0.15) is 36.1 Å². The number of fused-ring (bicyclic) bond motifs is 1. The molecule has 0 N–H and O–H groups in total. The van der Waals surface area contributed by atoms with Crippen LogP contribution in [0.4, 0.5) is 0 Å². The SMILES string of the molecule is CN1CCC(COCc2ccccn2)CC12CN(C(=O)Cc1ccc3c(c1)CCCO3)C2. The first kappa shape index (κ1) is 21.4. The number of pyridine rings is 1. The quantitative estimate of drug-likeness (QED) is 0.698. The van der Waals surface area contributed by atoms with Gasteiger partial charge < -0.3 is 14.4 Å². The van der Waals surface area contributed by atoms with Gasteiger partial charge in [0.15, 0.2) is 0 Å². The highest BCUT2D eigenvalue weighted by atomic mass is 16.5. The number of hydrogen-bond acceptors (Lipinski definition) is 5. The molecule has 3 aliphatic heterocycles. The summed E-state index contributed by atoms with van der Waals surface area (Å²) < 4.78 is 11.7. The number of benzene rings is 1.